The van der Waals surface area contributed by atoms with Gasteiger partial charge in [-0.1, -0.05) is 173 Å². The van der Waals surface area contributed by atoms with Crippen LogP contribution in [-0.2, 0) is 4.79 Å². The zero-order valence-electron chi connectivity index (χ0n) is 31.6. The van der Waals surface area contributed by atoms with Crippen LogP contribution in [0.2, 0.25) is 0 Å². The lowest BCUT2D eigenvalue weighted by atomic mass is 9.88. The molecule has 0 heterocycles. The first kappa shape index (κ1) is 45.7. The van der Waals surface area contributed by atoms with Crippen molar-refractivity contribution in [1.82, 2.24) is 10.6 Å². The lowest BCUT2D eigenvalue weighted by Crippen LogP contribution is -2.57. The Kier molecular flexibility index (Phi) is 29.3. The topological polar surface area (TPSA) is 142 Å². The van der Waals surface area contributed by atoms with Crippen LogP contribution in [0.15, 0.2) is 23.8 Å². The Hall–Kier alpha value is -1.29. The van der Waals surface area contributed by atoms with Gasteiger partial charge in [0.05, 0.1) is 24.8 Å². The molecule has 6 atom stereocenters. The van der Waals surface area contributed by atoms with Crippen molar-refractivity contribution in [2.24, 2.45) is 0 Å². The molecule has 4 unspecified atom stereocenters. The molecule has 0 aromatic carbocycles. The highest BCUT2D eigenvalue weighted by Crippen LogP contribution is 2.20. The summed E-state index contributed by atoms with van der Waals surface area (Å²) in [7, 11) is 0. The van der Waals surface area contributed by atoms with Crippen molar-refractivity contribution >= 4 is 5.91 Å². The maximum Gasteiger partial charge on any atom is 0.220 e. The van der Waals surface area contributed by atoms with E-state index in [0.717, 1.165) is 32.1 Å². The van der Waals surface area contributed by atoms with Gasteiger partial charge in [-0.05, 0) is 24.8 Å². The predicted molar refractivity (Wildman–Crippen MR) is 203 cm³/mol. The van der Waals surface area contributed by atoms with Gasteiger partial charge in [0.1, 0.15) is 18.3 Å². The fourth-order valence-electron chi connectivity index (χ4n) is 6.77. The molecule has 0 radical (unpaired) electrons. The minimum Gasteiger partial charge on any atom is -0.392 e. The van der Waals surface area contributed by atoms with Crippen molar-refractivity contribution in [3.8, 4) is 0 Å². The molecule has 0 saturated carbocycles. The quantitative estimate of drug-likeness (QED) is 0.0278. The Balaban J connectivity index is 2.45. The third-order valence-electron chi connectivity index (χ3n) is 10.1. The van der Waals surface area contributed by atoms with Crippen LogP contribution in [0.25, 0.3) is 0 Å². The standard InChI is InChI=1S/C41H78N2O6/c1-3-5-7-9-11-13-15-17-19-21-23-25-27-29-37(45)36(32-42-35-31-34(33-44)39(47)41(49)40(35)48)43-38(46)30-28-26-24-22-20-18-16-14-12-10-8-6-4-2/h27,29,31,35-37,39-42,44-45,47-49H,3-26,28,30,32-33H2,1-2H3,(H,43,46)/b29-27+/t35?,36-,37+,39?,40?,41?/m0/s1. The third-order valence-corrected chi connectivity index (χ3v) is 10.1. The summed E-state index contributed by atoms with van der Waals surface area (Å²) in [5, 5.41) is 57.6. The Labute approximate surface area is 300 Å². The SMILES string of the molecule is CCCCCCCCCCCCC/C=C/[C@@H](O)[C@H](CNC1C=C(CO)C(O)C(O)C1O)NC(=O)CCCCCCCCCCCCCCC. The molecule has 0 saturated heterocycles. The van der Waals surface area contributed by atoms with Gasteiger partial charge in [-0.25, -0.2) is 0 Å². The van der Waals surface area contributed by atoms with E-state index in [1.54, 1.807) is 6.08 Å². The summed E-state index contributed by atoms with van der Waals surface area (Å²) >= 11 is 0. The highest BCUT2D eigenvalue weighted by molar-refractivity contribution is 5.76. The largest absolute Gasteiger partial charge is 0.392 e. The minimum atomic E-state index is -1.44. The number of hydrogen-bond donors (Lipinski definition) is 7. The van der Waals surface area contributed by atoms with E-state index in [2.05, 4.69) is 24.5 Å². The summed E-state index contributed by atoms with van der Waals surface area (Å²) in [4.78, 5) is 12.9. The number of amides is 1. The fraction of sp³-hybridized carbons (Fsp3) is 0.878. The number of rotatable bonds is 33. The van der Waals surface area contributed by atoms with E-state index in [1.807, 2.05) is 6.08 Å². The van der Waals surface area contributed by atoms with Crippen LogP contribution in [0.1, 0.15) is 181 Å². The van der Waals surface area contributed by atoms with Crippen molar-refractivity contribution in [3.05, 3.63) is 23.8 Å². The van der Waals surface area contributed by atoms with Crippen molar-refractivity contribution in [1.29, 1.82) is 0 Å². The molecule has 49 heavy (non-hydrogen) atoms. The summed E-state index contributed by atoms with van der Waals surface area (Å²) in [6, 6.07) is -1.38. The van der Waals surface area contributed by atoms with Crippen LogP contribution < -0.4 is 10.6 Å². The molecular formula is C41H78N2O6. The van der Waals surface area contributed by atoms with Crippen LogP contribution in [0.5, 0.6) is 0 Å². The summed E-state index contributed by atoms with van der Waals surface area (Å²) in [6.07, 6.45) is 31.8. The second-order valence-corrected chi connectivity index (χ2v) is 14.7. The van der Waals surface area contributed by atoms with Gasteiger partial charge in [0.15, 0.2) is 0 Å². The summed E-state index contributed by atoms with van der Waals surface area (Å²) in [5.74, 6) is -0.112. The van der Waals surface area contributed by atoms with Crippen LogP contribution in [0.4, 0.5) is 0 Å². The van der Waals surface area contributed by atoms with Crippen LogP contribution in [-0.4, -0.2) is 81.1 Å². The van der Waals surface area contributed by atoms with E-state index in [9.17, 15) is 30.3 Å². The molecule has 0 spiro atoms. The second-order valence-electron chi connectivity index (χ2n) is 14.7. The van der Waals surface area contributed by atoms with Crippen molar-refractivity contribution in [2.75, 3.05) is 13.2 Å². The van der Waals surface area contributed by atoms with Gasteiger partial charge in [0.2, 0.25) is 5.91 Å². The maximum atomic E-state index is 12.9. The van der Waals surface area contributed by atoms with Gasteiger partial charge in [-0.3, -0.25) is 4.79 Å². The van der Waals surface area contributed by atoms with Gasteiger partial charge in [0.25, 0.3) is 0 Å². The van der Waals surface area contributed by atoms with E-state index in [4.69, 9.17) is 0 Å². The average Bonchev–Trinajstić information content (AvgIpc) is 3.10. The molecule has 0 aromatic rings. The second kappa shape index (κ2) is 31.4. The smallest absolute Gasteiger partial charge is 0.220 e. The van der Waals surface area contributed by atoms with E-state index in [1.165, 1.54) is 134 Å². The zero-order chi connectivity index (χ0) is 36.0. The first-order valence-corrected chi connectivity index (χ1v) is 20.6. The zero-order valence-corrected chi connectivity index (χ0v) is 31.6. The predicted octanol–water partition coefficient (Wildman–Crippen LogP) is 7.54. The molecule has 1 aliphatic carbocycles. The average molecular weight is 695 g/mol. The lowest BCUT2D eigenvalue weighted by molar-refractivity contribution is -0.122. The number of aliphatic hydroxyl groups is 5. The van der Waals surface area contributed by atoms with E-state index in [0.29, 0.717) is 6.42 Å². The van der Waals surface area contributed by atoms with Crippen LogP contribution in [0.3, 0.4) is 0 Å². The molecule has 1 amide bonds. The number of nitrogens with one attached hydrogen (secondary N) is 2. The normalized spacial score (nSPS) is 20.8. The molecule has 8 heteroatoms. The lowest BCUT2D eigenvalue weighted by Gasteiger charge is -2.35. The molecule has 0 fully saturated rings. The molecule has 0 aliphatic heterocycles. The van der Waals surface area contributed by atoms with Crippen molar-refractivity contribution in [3.63, 3.8) is 0 Å². The molecule has 288 valence electrons. The Morgan fingerprint density at radius 2 is 1.14 bits per heavy atom. The molecule has 1 aliphatic rings. The monoisotopic (exact) mass is 695 g/mol. The number of carbonyl (C=O) groups excluding carboxylic acids is 1. The molecular weight excluding hydrogens is 616 g/mol. The number of carbonyl (C=O) groups is 1. The first-order valence-electron chi connectivity index (χ1n) is 20.6. The van der Waals surface area contributed by atoms with Gasteiger partial charge < -0.3 is 36.2 Å². The first-order chi connectivity index (χ1) is 23.8. The molecule has 0 bridgehead atoms. The van der Waals surface area contributed by atoms with E-state index in [-0.39, 0.29) is 18.0 Å². The molecule has 0 aromatic heterocycles. The number of unbranched alkanes of at least 4 members (excludes halogenated alkanes) is 23. The number of aliphatic hydroxyl groups excluding tert-OH is 5. The van der Waals surface area contributed by atoms with Crippen molar-refractivity contribution < 1.29 is 30.3 Å². The highest BCUT2D eigenvalue weighted by atomic mass is 16.4. The minimum absolute atomic E-state index is 0.112. The van der Waals surface area contributed by atoms with Crippen molar-refractivity contribution in [2.45, 2.75) is 217 Å². The maximum absolute atomic E-state index is 12.9. The summed E-state index contributed by atoms with van der Waals surface area (Å²) in [5.41, 5.74) is 0.228. The third kappa shape index (κ3) is 23.0. The molecule has 8 nitrogen and oxygen atoms in total. The van der Waals surface area contributed by atoms with E-state index < -0.39 is 43.1 Å². The fourth-order valence-corrected chi connectivity index (χ4v) is 6.77. The Morgan fingerprint density at radius 3 is 1.61 bits per heavy atom. The van der Waals surface area contributed by atoms with Gasteiger partial charge >= 0.3 is 0 Å². The Bertz CT molecular complexity index is 837. The van der Waals surface area contributed by atoms with Gasteiger partial charge in [-0.15, -0.1) is 0 Å². The van der Waals surface area contributed by atoms with Gasteiger partial charge in [0, 0.05) is 13.0 Å². The molecule has 1 rings (SSSR count). The van der Waals surface area contributed by atoms with E-state index >= 15 is 0 Å². The summed E-state index contributed by atoms with van der Waals surface area (Å²) in [6.45, 7) is 4.22. The van der Waals surface area contributed by atoms with Crippen LogP contribution in [0, 0.1) is 0 Å². The van der Waals surface area contributed by atoms with Crippen LogP contribution >= 0.6 is 0 Å². The Morgan fingerprint density at radius 1 is 0.694 bits per heavy atom. The highest BCUT2D eigenvalue weighted by Gasteiger charge is 2.37. The molecule has 7 N–H and O–H groups in total. The number of hydrogen-bond acceptors (Lipinski definition) is 7. The summed E-state index contributed by atoms with van der Waals surface area (Å²) < 4.78 is 0. The van der Waals surface area contributed by atoms with Gasteiger partial charge in [-0.2, -0.15) is 0 Å². The number of allylic oxidation sites excluding steroid dienone is 1.